The van der Waals surface area contributed by atoms with E-state index in [0.29, 0.717) is 5.69 Å². The van der Waals surface area contributed by atoms with E-state index in [0.717, 1.165) is 9.26 Å². The molecular formula is C8H12IN3O2S. The smallest absolute Gasteiger partial charge is 0.210 e. The number of primary sulfonamides is 1. The predicted octanol–water partition coefficient (Wildman–Crippen LogP) is 0.574. The van der Waals surface area contributed by atoms with E-state index in [2.05, 4.69) is 27.9 Å². The molecule has 0 atom stereocenters. The molecule has 7 heteroatoms. The number of benzene rings is 1. The van der Waals surface area contributed by atoms with E-state index in [1.54, 1.807) is 12.1 Å². The van der Waals surface area contributed by atoms with Crippen LogP contribution in [0.15, 0.2) is 18.2 Å². The molecule has 0 amide bonds. The number of sulfonamides is 1. The largest absolute Gasteiger partial charge is 0.397 e. The summed E-state index contributed by atoms with van der Waals surface area (Å²) in [6, 6.07) is 5.50. The van der Waals surface area contributed by atoms with Crippen LogP contribution in [0, 0.1) is 3.57 Å². The summed E-state index contributed by atoms with van der Waals surface area (Å²) in [7, 11) is -3.42. The first-order chi connectivity index (χ1) is 6.88. The fourth-order valence-corrected chi connectivity index (χ4v) is 1.92. The van der Waals surface area contributed by atoms with Gasteiger partial charge in [0, 0.05) is 10.1 Å². The summed E-state index contributed by atoms with van der Waals surface area (Å²) in [5.41, 5.74) is 7.04. The van der Waals surface area contributed by atoms with Gasteiger partial charge in [-0.15, -0.1) is 0 Å². The third-order valence-electron chi connectivity index (χ3n) is 1.72. The molecule has 0 heterocycles. The summed E-state index contributed by atoms with van der Waals surface area (Å²) in [5.74, 6) is -0.113. The first kappa shape index (κ1) is 12.5. The molecule has 0 bridgehead atoms. The van der Waals surface area contributed by atoms with E-state index in [1.807, 2.05) is 6.07 Å². The maximum atomic E-state index is 10.7. The van der Waals surface area contributed by atoms with Crippen LogP contribution in [0.2, 0.25) is 0 Å². The molecule has 5 N–H and O–H groups in total. The molecule has 1 rings (SSSR count). The van der Waals surface area contributed by atoms with Crippen molar-refractivity contribution in [1.29, 1.82) is 0 Å². The molecule has 0 radical (unpaired) electrons. The Bertz CT molecular complexity index is 447. The summed E-state index contributed by atoms with van der Waals surface area (Å²) < 4.78 is 22.4. The van der Waals surface area contributed by atoms with Crippen LogP contribution < -0.4 is 16.2 Å². The quantitative estimate of drug-likeness (QED) is 0.551. The fourth-order valence-electron chi connectivity index (χ4n) is 1.02. The lowest BCUT2D eigenvalue weighted by molar-refractivity contribution is 0.598. The molecule has 0 saturated carbocycles. The van der Waals surface area contributed by atoms with Crippen LogP contribution in [0.25, 0.3) is 0 Å². The average Bonchev–Trinajstić information content (AvgIpc) is 2.07. The summed E-state index contributed by atoms with van der Waals surface area (Å²) in [4.78, 5) is 0. The molecule has 0 aliphatic carbocycles. The molecule has 1 aromatic carbocycles. The van der Waals surface area contributed by atoms with Crippen molar-refractivity contribution >= 4 is 44.0 Å². The van der Waals surface area contributed by atoms with Gasteiger partial charge in [0.1, 0.15) is 0 Å². The van der Waals surface area contributed by atoms with Crippen molar-refractivity contribution in [2.24, 2.45) is 5.14 Å². The molecule has 5 nitrogen and oxygen atoms in total. The van der Waals surface area contributed by atoms with Gasteiger partial charge in [-0.1, -0.05) is 0 Å². The van der Waals surface area contributed by atoms with Crippen LogP contribution in [0.1, 0.15) is 0 Å². The van der Waals surface area contributed by atoms with Crippen molar-refractivity contribution in [3.8, 4) is 0 Å². The standard InChI is InChI=1S/C8H12IN3O2S/c9-6-1-2-8(7(10)5-6)12-3-4-15(11,13)14/h1-2,5,12H,3-4,10H2,(H2,11,13,14). The number of hydrogen-bond donors (Lipinski definition) is 3. The zero-order valence-corrected chi connectivity index (χ0v) is 10.9. The van der Waals surface area contributed by atoms with E-state index in [-0.39, 0.29) is 12.3 Å². The van der Waals surface area contributed by atoms with E-state index < -0.39 is 10.0 Å². The minimum Gasteiger partial charge on any atom is -0.397 e. The van der Waals surface area contributed by atoms with Gasteiger partial charge in [-0.2, -0.15) is 0 Å². The van der Waals surface area contributed by atoms with Crippen LogP contribution in [-0.4, -0.2) is 20.7 Å². The predicted molar refractivity (Wildman–Crippen MR) is 70.0 cm³/mol. The van der Waals surface area contributed by atoms with Crippen LogP contribution in [0.4, 0.5) is 11.4 Å². The number of nitrogen functional groups attached to an aromatic ring is 1. The Morgan fingerprint density at radius 2 is 2.07 bits per heavy atom. The van der Waals surface area contributed by atoms with Gasteiger partial charge in [-0.05, 0) is 40.8 Å². The van der Waals surface area contributed by atoms with Crippen molar-refractivity contribution in [2.45, 2.75) is 0 Å². The van der Waals surface area contributed by atoms with Gasteiger partial charge < -0.3 is 11.1 Å². The molecule has 0 aliphatic heterocycles. The van der Waals surface area contributed by atoms with Gasteiger partial charge >= 0.3 is 0 Å². The zero-order chi connectivity index (χ0) is 11.5. The molecule has 15 heavy (non-hydrogen) atoms. The van der Waals surface area contributed by atoms with Crippen molar-refractivity contribution < 1.29 is 8.42 Å². The summed E-state index contributed by atoms with van der Waals surface area (Å²) >= 11 is 2.15. The Morgan fingerprint density at radius 3 is 2.60 bits per heavy atom. The lowest BCUT2D eigenvalue weighted by atomic mass is 10.3. The highest BCUT2D eigenvalue weighted by Crippen LogP contribution is 2.20. The molecule has 0 aromatic heterocycles. The Balaban J connectivity index is 2.59. The van der Waals surface area contributed by atoms with Gasteiger partial charge in [0.15, 0.2) is 0 Å². The summed E-state index contributed by atoms with van der Waals surface area (Å²) in [6.07, 6.45) is 0. The Labute approximate surface area is 102 Å². The molecular weight excluding hydrogens is 329 g/mol. The molecule has 0 unspecified atom stereocenters. The number of anilines is 2. The first-order valence-corrected chi connectivity index (χ1v) is 6.97. The van der Waals surface area contributed by atoms with Crippen LogP contribution in [-0.2, 0) is 10.0 Å². The van der Waals surface area contributed by atoms with E-state index in [4.69, 9.17) is 10.9 Å². The third kappa shape index (κ3) is 4.67. The number of nitrogens with one attached hydrogen (secondary N) is 1. The second-order valence-corrected chi connectivity index (χ2v) is 6.00. The highest BCUT2D eigenvalue weighted by atomic mass is 127. The van der Waals surface area contributed by atoms with Crippen molar-refractivity contribution in [3.05, 3.63) is 21.8 Å². The van der Waals surface area contributed by atoms with Crippen molar-refractivity contribution in [1.82, 2.24) is 0 Å². The first-order valence-electron chi connectivity index (χ1n) is 4.18. The van der Waals surface area contributed by atoms with Gasteiger partial charge in [-0.25, -0.2) is 13.6 Å². The molecule has 84 valence electrons. The van der Waals surface area contributed by atoms with Gasteiger partial charge in [0.2, 0.25) is 10.0 Å². The maximum absolute atomic E-state index is 10.7. The van der Waals surface area contributed by atoms with Crippen molar-refractivity contribution in [3.63, 3.8) is 0 Å². The Hall–Kier alpha value is -0.540. The topological polar surface area (TPSA) is 98.2 Å². The van der Waals surface area contributed by atoms with Gasteiger partial charge in [-0.3, -0.25) is 0 Å². The minimum atomic E-state index is -3.42. The number of nitrogens with two attached hydrogens (primary N) is 2. The molecule has 0 aliphatic rings. The molecule has 1 aromatic rings. The lowest BCUT2D eigenvalue weighted by Crippen LogP contribution is -2.22. The Morgan fingerprint density at radius 1 is 1.40 bits per heavy atom. The fraction of sp³-hybridized carbons (Fsp3) is 0.250. The number of rotatable bonds is 4. The van der Waals surface area contributed by atoms with Crippen LogP contribution in [0.3, 0.4) is 0 Å². The monoisotopic (exact) mass is 341 g/mol. The normalized spacial score (nSPS) is 11.3. The van der Waals surface area contributed by atoms with Gasteiger partial charge in [0.25, 0.3) is 0 Å². The number of halogens is 1. The third-order valence-corrected chi connectivity index (χ3v) is 3.16. The van der Waals surface area contributed by atoms with Crippen molar-refractivity contribution in [2.75, 3.05) is 23.3 Å². The molecule has 0 fully saturated rings. The van der Waals surface area contributed by atoms with Gasteiger partial charge in [0.05, 0.1) is 17.1 Å². The highest BCUT2D eigenvalue weighted by Gasteiger charge is 2.03. The van der Waals surface area contributed by atoms with E-state index in [9.17, 15) is 8.42 Å². The molecule has 0 saturated heterocycles. The minimum absolute atomic E-state index is 0.113. The molecule has 0 spiro atoms. The van der Waals surface area contributed by atoms with Crippen LogP contribution >= 0.6 is 22.6 Å². The second kappa shape index (κ2) is 4.99. The average molecular weight is 341 g/mol. The van der Waals surface area contributed by atoms with E-state index >= 15 is 0 Å². The highest BCUT2D eigenvalue weighted by molar-refractivity contribution is 14.1. The Kier molecular flexibility index (Phi) is 4.17. The second-order valence-electron chi connectivity index (χ2n) is 3.03. The SMILES string of the molecule is Nc1cc(I)ccc1NCCS(N)(=O)=O. The summed E-state index contributed by atoms with van der Waals surface area (Å²) in [6.45, 7) is 0.254. The number of hydrogen-bond acceptors (Lipinski definition) is 4. The lowest BCUT2D eigenvalue weighted by Gasteiger charge is -2.08. The van der Waals surface area contributed by atoms with E-state index in [1.165, 1.54) is 0 Å². The zero-order valence-electron chi connectivity index (χ0n) is 7.90. The van der Waals surface area contributed by atoms with Crippen LogP contribution in [0.5, 0.6) is 0 Å². The maximum Gasteiger partial charge on any atom is 0.210 e. The summed E-state index contributed by atoms with van der Waals surface area (Å²) in [5, 5.41) is 7.77.